The second kappa shape index (κ2) is 7.63. The fourth-order valence-corrected chi connectivity index (χ4v) is 3.81. The topological polar surface area (TPSA) is 60.0 Å². The zero-order valence-corrected chi connectivity index (χ0v) is 18.3. The molecular weight excluding hydrogens is 379 g/mol. The molecule has 2 aromatic rings. The lowest BCUT2D eigenvalue weighted by Crippen LogP contribution is -2.41. The average molecular weight is 408 g/mol. The Kier molecular flexibility index (Phi) is 5.28. The van der Waals surface area contributed by atoms with Gasteiger partial charge in [-0.05, 0) is 68.9 Å². The number of carbonyl (C=O) groups is 1. The summed E-state index contributed by atoms with van der Waals surface area (Å²) in [6, 6.07) is 13.7. The van der Waals surface area contributed by atoms with Gasteiger partial charge in [0.2, 0.25) is 0 Å². The van der Waals surface area contributed by atoms with Gasteiger partial charge in [0.1, 0.15) is 5.75 Å². The van der Waals surface area contributed by atoms with E-state index in [9.17, 15) is 4.79 Å². The van der Waals surface area contributed by atoms with E-state index in [1.807, 2.05) is 36.4 Å². The minimum atomic E-state index is -0.392. The largest absolute Gasteiger partial charge is 0.497 e. The van der Waals surface area contributed by atoms with Crippen LogP contribution in [0.15, 0.2) is 42.5 Å². The van der Waals surface area contributed by atoms with Gasteiger partial charge >= 0.3 is 13.1 Å². The van der Waals surface area contributed by atoms with Crippen LogP contribution in [0.4, 0.5) is 10.5 Å². The highest BCUT2D eigenvalue weighted by molar-refractivity contribution is 6.62. The zero-order chi connectivity index (χ0) is 21.5. The number of hydrogen-bond acceptors (Lipinski definition) is 4. The van der Waals surface area contributed by atoms with Crippen molar-refractivity contribution in [2.24, 2.45) is 0 Å². The van der Waals surface area contributed by atoms with Crippen LogP contribution < -0.4 is 20.4 Å². The molecule has 0 saturated carbocycles. The van der Waals surface area contributed by atoms with E-state index in [0.717, 1.165) is 34.4 Å². The number of carbonyl (C=O) groups excluding carboxylic acids is 1. The zero-order valence-electron chi connectivity index (χ0n) is 18.3. The van der Waals surface area contributed by atoms with Crippen molar-refractivity contribution in [3.05, 3.63) is 53.6 Å². The van der Waals surface area contributed by atoms with E-state index < -0.39 is 7.12 Å². The predicted octanol–water partition coefficient (Wildman–Crippen LogP) is 3.27. The summed E-state index contributed by atoms with van der Waals surface area (Å²) in [4.78, 5) is 14.6. The van der Waals surface area contributed by atoms with Crippen molar-refractivity contribution < 1.29 is 18.8 Å². The lowest BCUT2D eigenvalue weighted by atomic mass is 9.78. The van der Waals surface area contributed by atoms with Crippen LogP contribution in [-0.2, 0) is 22.3 Å². The number of hydrogen-bond donors (Lipinski definition) is 1. The van der Waals surface area contributed by atoms with Crippen LogP contribution >= 0.6 is 0 Å². The molecule has 4 rings (SSSR count). The summed E-state index contributed by atoms with van der Waals surface area (Å²) in [5.74, 6) is 0.781. The number of nitrogens with zero attached hydrogens (tertiary/aromatic N) is 1. The Balaban J connectivity index is 1.44. The van der Waals surface area contributed by atoms with Crippen LogP contribution in [0.3, 0.4) is 0 Å². The maximum absolute atomic E-state index is 12.8. The van der Waals surface area contributed by atoms with E-state index in [1.165, 1.54) is 0 Å². The Morgan fingerprint density at radius 2 is 1.87 bits per heavy atom. The maximum atomic E-state index is 12.8. The van der Waals surface area contributed by atoms with Crippen molar-refractivity contribution in [2.45, 2.75) is 51.9 Å². The molecule has 1 N–H and O–H groups in total. The van der Waals surface area contributed by atoms with Crippen LogP contribution in [0.1, 0.15) is 38.8 Å². The predicted molar refractivity (Wildman–Crippen MR) is 118 cm³/mol. The molecule has 1 fully saturated rings. The van der Waals surface area contributed by atoms with Crippen LogP contribution in [-0.4, -0.2) is 38.0 Å². The Morgan fingerprint density at radius 3 is 2.57 bits per heavy atom. The number of ether oxygens (including phenoxy) is 1. The Bertz CT molecular complexity index is 944. The normalized spacial score (nSPS) is 19.0. The smallest absolute Gasteiger partial charge is 0.494 e. The third-order valence-corrected chi connectivity index (χ3v) is 6.35. The van der Waals surface area contributed by atoms with Crippen molar-refractivity contribution in [1.29, 1.82) is 0 Å². The summed E-state index contributed by atoms with van der Waals surface area (Å²) < 4.78 is 17.6. The number of methoxy groups -OCH3 is 1. The van der Waals surface area contributed by atoms with E-state index in [1.54, 1.807) is 12.0 Å². The van der Waals surface area contributed by atoms with Crippen LogP contribution in [0.2, 0.25) is 0 Å². The number of rotatable bonds is 4. The number of amides is 2. The second-order valence-electron chi connectivity index (χ2n) is 8.89. The standard InChI is InChI=1S/C23H29BN2O4/c1-22(2)23(3,4)30-24(29-22)18-9-10-20-17(14-18)11-12-26(20)21(27)25-15-16-7-6-8-19(13-16)28-5/h6-10,13-14H,11-12,15H2,1-5H3,(H,25,27). The number of benzene rings is 2. The molecule has 0 atom stereocenters. The maximum Gasteiger partial charge on any atom is 0.494 e. The van der Waals surface area contributed by atoms with E-state index in [0.29, 0.717) is 13.1 Å². The molecule has 2 heterocycles. The summed E-state index contributed by atoms with van der Waals surface area (Å²) in [5, 5.41) is 3.01. The Hall–Kier alpha value is -2.51. The van der Waals surface area contributed by atoms with Gasteiger partial charge in [-0.15, -0.1) is 0 Å². The van der Waals surface area contributed by atoms with E-state index in [2.05, 4.69) is 39.1 Å². The molecule has 158 valence electrons. The molecule has 0 bridgehead atoms. The second-order valence-corrected chi connectivity index (χ2v) is 8.89. The molecule has 2 amide bonds. The third-order valence-electron chi connectivity index (χ3n) is 6.35. The molecule has 2 aliphatic rings. The van der Waals surface area contributed by atoms with Gasteiger partial charge in [0.15, 0.2) is 0 Å². The average Bonchev–Trinajstić information content (AvgIpc) is 3.23. The van der Waals surface area contributed by atoms with E-state index >= 15 is 0 Å². The van der Waals surface area contributed by atoms with Gasteiger partial charge in [0, 0.05) is 18.8 Å². The summed E-state index contributed by atoms with van der Waals surface area (Å²) in [7, 11) is 1.24. The van der Waals surface area contributed by atoms with Crippen LogP contribution in [0.5, 0.6) is 5.75 Å². The molecule has 2 aromatic carbocycles. The van der Waals surface area contributed by atoms with Crippen molar-refractivity contribution in [2.75, 3.05) is 18.6 Å². The molecule has 30 heavy (non-hydrogen) atoms. The minimum Gasteiger partial charge on any atom is -0.497 e. The van der Waals surface area contributed by atoms with Gasteiger partial charge in [0.05, 0.1) is 18.3 Å². The fourth-order valence-electron chi connectivity index (χ4n) is 3.81. The lowest BCUT2D eigenvalue weighted by molar-refractivity contribution is 0.00578. The first-order valence-corrected chi connectivity index (χ1v) is 10.4. The van der Waals surface area contributed by atoms with Gasteiger partial charge in [-0.25, -0.2) is 4.79 Å². The van der Waals surface area contributed by atoms with Gasteiger partial charge in [0.25, 0.3) is 0 Å². The Labute approximate surface area is 178 Å². The van der Waals surface area contributed by atoms with E-state index in [-0.39, 0.29) is 17.2 Å². The molecule has 0 spiro atoms. The lowest BCUT2D eigenvalue weighted by Gasteiger charge is -2.32. The summed E-state index contributed by atoms with van der Waals surface area (Å²) in [6.07, 6.45) is 0.815. The Morgan fingerprint density at radius 1 is 1.13 bits per heavy atom. The number of nitrogens with one attached hydrogen (secondary N) is 1. The van der Waals surface area contributed by atoms with Crippen LogP contribution in [0.25, 0.3) is 0 Å². The van der Waals surface area contributed by atoms with Crippen molar-refractivity contribution in [1.82, 2.24) is 5.32 Å². The van der Waals surface area contributed by atoms with Gasteiger partial charge in [-0.2, -0.15) is 0 Å². The summed E-state index contributed by atoms with van der Waals surface area (Å²) in [6.45, 7) is 9.31. The first-order valence-electron chi connectivity index (χ1n) is 10.4. The molecule has 1 saturated heterocycles. The molecule has 0 aliphatic carbocycles. The molecule has 0 unspecified atom stereocenters. The highest BCUT2D eigenvalue weighted by Crippen LogP contribution is 2.37. The number of fused-ring (bicyclic) bond motifs is 1. The third kappa shape index (κ3) is 3.79. The minimum absolute atomic E-state index is 0.0973. The summed E-state index contributed by atoms with van der Waals surface area (Å²) >= 11 is 0. The first-order chi connectivity index (χ1) is 14.2. The monoisotopic (exact) mass is 408 g/mol. The molecule has 0 aromatic heterocycles. The van der Waals surface area contributed by atoms with Crippen molar-refractivity contribution in [3.8, 4) is 5.75 Å². The first kappa shape index (κ1) is 20.8. The molecular formula is C23H29BN2O4. The molecule has 0 radical (unpaired) electrons. The highest BCUT2D eigenvalue weighted by atomic mass is 16.7. The van der Waals surface area contributed by atoms with Crippen LogP contribution in [0, 0.1) is 0 Å². The highest BCUT2D eigenvalue weighted by Gasteiger charge is 2.51. The summed E-state index contributed by atoms with van der Waals surface area (Å²) in [5.41, 5.74) is 3.33. The fraction of sp³-hybridized carbons (Fsp3) is 0.435. The molecule has 7 heteroatoms. The van der Waals surface area contributed by atoms with Crippen molar-refractivity contribution in [3.63, 3.8) is 0 Å². The quantitative estimate of drug-likeness (QED) is 0.790. The number of urea groups is 1. The van der Waals surface area contributed by atoms with E-state index in [4.69, 9.17) is 14.0 Å². The van der Waals surface area contributed by atoms with Gasteiger partial charge in [-0.1, -0.05) is 24.3 Å². The number of anilines is 1. The van der Waals surface area contributed by atoms with Gasteiger partial charge < -0.3 is 19.4 Å². The molecule has 6 nitrogen and oxygen atoms in total. The SMILES string of the molecule is COc1cccc(CNC(=O)N2CCc3cc(B4OC(C)(C)C(C)(C)O4)ccc32)c1. The van der Waals surface area contributed by atoms with Gasteiger partial charge in [-0.3, -0.25) is 4.90 Å². The van der Waals surface area contributed by atoms with Crippen molar-refractivity contribution >= 4 is 24.3 Å². The molecule has 2 aliphatic heterocycles.